The summed E-state index contributed by atoms with van der Waals surface area (Å²) in [7, 11) is 0. The fourth-order valence-corrected chi connectivity index (χ4v) is 3.72. The summed E-state index contributed by atoms with van der Waals surface area (Å²) < 4.78 is 0. The number of carboxylic acid groups (broad SMARTS) is 1. The minimum absolute atomic E-state index is 0.0526. The highest BCUT2D eigenvalue weighted by atomic mass is 32.1. The summed E-state index contributed by atoms with van der Waals surface area (Å²) >= 11 is 1.38. The molecule has 0 saturated carbocycles. The van der Waals surface area contributed by atoms with Crippen LogP contribution in [0.4, 0.5) is 0 Å². The molecule has 0 unspecified atom stereocenters. The van der Waals surface area contributed by atoms with Crippen molar-refractivity contribution in [2.75, 3.05) is 13.1 Å². The van der Waals surface area contributed by atoms with E-state index in [-0.39, 0.29) is 24.3 Å². The van der Waals surface area contributed by atoms with Crippen molar-refractivity contribution in [3.63, 3.8) is 0 Å². The van der Waals surface area contributed by atoms with Gasteiger partial charge in [0.25, 0.3) is 11.8 Å². The molecule has 1 aliphatic heterocycles. The Labute approximate surface area is 155 Å². The lowest BCUT2D eigenvalue weighted by Crippen LogP contribution is -2.30. The molecular weight excluding hydrogens is 352 g/mol. The van der Waals surface area contributed by atoms with Crippen molar-refractivity contribution in [2.45, 2.75) is 13.5 Å². The summed E-state index contributed by atoms with van der Waals surface area (Å²) in [5.41, 5.74) is 1.42. The zero-order valence-corrected chi connectivity index (χ0v) is 15.2. The minimum Gasteiger partial charge on any atom is -0.481 e. The van der Waals surface area contributed by atoms with Crippen LogP contribution in [-0.2, 0) is 11.3 Å². The Balaban J connectivity index is 1.58. The first kappa shape index (κ1) is 18.1. The highest BCUT2D eigenvalue weighted by Crippen LogP contribution is 2.24. The van der Waals surface area contributed by atoms with Crippen LogP contribution in [0.1, 0.15) is 32.5 Å². The second-order valence-electron chi connectivity index (χ2n) is 6.49. The number of carbonyl (C=O) groups is 3. The number of carbonyl (C=O) groups excluding carboxylic acids is 2. The van der Waals surface area contributed by atoms with Crippen LogP contribution in [0.3, 0.4) is 0 Å². The highest BCUT2D eigenvalue weighted by Gasteiger charge is 2.37. The summed E-state index contributed by atoms with van der Waals surface area (Å²) in [5.74, 6) is -1.70. The smallest absolute Gasteiger partial charge is 0.308 e. The molecule has 26 heavy (non-hydrogen) atoms. The molecule has 1 aliphatic rings. The van der Waals surface area contributed by atoms with Gasteiger partial charge < -0.3 is 15.3 Å². The number of nitrogens with one attached hydrogen (secondary N) is 1. The molecule has 2 heterocycles. The number of benzene rings is 1. The van der Waals surface area contributed by atoms with Crippen molar-refractivity contribution in [2.24, 2.45) is 11.8 Å². The van der Waals surface area contributed by atoms with E-state index in [1.54, 1.807) is 35.2 Å². The molecule has 1 aromatic carbocycles. The number of carboxylic acids is 1. The molecule has 7 heteroatoms. The van der Waals surface area contributed by atoms with E-state index in [0.29, 0.717) is 23.5 Å². The fourth-order valence-electron chi connectivity index (χ4n) is 3.08. The predicted molar refractivity (Wildman–Crippen MR) is 98.1 cm³/mol. The van der Waals surface area contributed by atoms with Crippen molar-refractivity contribution >= 4 is 29.1 Å². The van der Waals surface area contributed by atoms with Crippen molar-refractivity contribution in [1.29, 1.82) is 0 Å². The first-order chi connectivity index (χ1) is 12.5. The van der Waals surface area contributed by atoms with Gasteiger partial charge in [0.05, 0.1) is 10.8 Å². The van der Waals surface area contributed by atoms with E-state index in [2.05, 4.69) is 5.32 Å². The maximum Gasteiger partial charge on any atom is 0.308 e. The Kier molecular flexibility index (Phi) is 5.37. The molecule has 1 fully saturated rings. The van der Waals surface area contributed by atoms with Crippen LogP contribution < -0.4 is 5.32 Å². The van der Waals surface area contributed by atoms with E-state index in [1.807, 2.05) is 18.4 Å². The van der Waals surface area contributed by atoms with Crippen LogP contribution in [0.5, 0.6) is 0 Å². The lowest BCUT2D eigenvalue weighted by Gasteiger charge is -2.16. The van der Waals surface area contributed by atoms with E-state index in [1.165, 1.54) is 11.3 Å². The van der Waals surface area contributed by atoms with Gasteiger partial charge in [-0.15, -0.1) is 11.3 Å². The van der Waals surface area contributed by atoms with Gasteiger partial charge >= 0.3 is 5.97 Å². The molecule has 2 amide bonds. The van der Waals surface area contributed by atoms with Crippen molar-refractivity contribution in [3.05, 3.63) is 57.8 Å². The van der Waals surface area contributed by atoms with Crippen LogP contribution in [0.15, 0.2) is 41.8 Å². The number of hydrogen-bond donors (Lipinski definition) is 2. The topological polar surface area (TPSA) is 86.7 Å². The molecule has 0 bridgehead atoms. The van der Waals surface area contributed by atoms with E-state index in [4.69, 9.17) is 0 Å². The van der Waals surface area contributed by atoms with Gasteiger partial charge in [0.2, 0.25) is 0 Å². The first-order valence-corrected chi connectivity index (χ1v) is 9.26. The standard InChI is InChI=1S/C19H20N2O4S/c1-12-10-21(11-15(12)19(24)25)18(23)14-6-4-13(5-7-14)9-20-17(22)16-3-2-8-26-16/h2-8,12,15H,9-11H2,1H3,(H,20,22)(H,24,25)/t12-,15-/m1/s1. The SMILES string of the molecule is C[C@@H]1CN(C(=O)c2ccc(CNC(=O)c3cccs3)cc2)C[C@H]1C(=O)O. The molecule has 3 rings (SSSR count). The third-order valence-electron chi connectivity index (χ3n) is 4.62. The van der Waals surface area contributed by atoms with E-state index < -0.39 is 11.9 Å². The zero-order chi connectivity index (χ0) is 18.7. The number of thiophene rings is 1. The van der Waals surface area contributed by atoms with E-state index >= 15 is 0 Å². The molecule has 6 nitrogen and oxygen atoms in total. The Bertz CT molecular complexity index is 801. The Morgan fingerprint density at radius 3 is 2.50 bits per heavy atom. The summed E-state index contributed by atoms with van der Waals surface area (Å²) in [5, 5.41) is 13.9. The normalized spacial score (nSPS) is 19.3. The van der Waals surface area contributed by atoms with Gasteiger partial charge in [-0.05, 0) is 35.1 Å². The minimum atomic E-state index is -0.857. The Morgan fingerprint density at radius 2 is 1.92 bits per heavy atom. The summed E-state index contributed by atoms with van der Waals surface area (Å²) in [6.07, 6.45) is 0. The molecule has 2 atom stereocenters. The van der Waals surface area contributed by atoms with Crippen LogP contribution in [0.2, 0.25) is 0 Å². The Hall–Kier alpha value is -2.67. The first-order valence-electron chi connectivity index (χ1n) is 8.38. The molecule has 0 spiro atoms. The van der Waals surface area contributed by atoms with Gasteiger partial charge in [-0.25, -0.2) is 0 Å². The average Bonchev–Trinajstić information content (AvgIpc) is 3.29. The van der Waals surface area contributed by atoms with Crippen LogP contribution in [0, 0.1) is 11.8 Å². The molecule has 0 radical (unpaired) electrons. The number of hydrogen-bond acceptors (Lipinski definition) is 4. The van der Waals surface area contributed by atoms with Gasteiger partial charge in [0.15, 0.2) is 0 Å². The number of likely N-dealkylation sites (tertiary alicyclic amines) is 1. The molecular formula is C19H20N2O4S. The Morgan fingerprint density at radius 1 is 1.19 bits per heavy atom. The molecule has 2 N–H and O–H groups in total. The van der Waals surface area contributed by atoms with Crippen LogP contribution in [-0.4, -0.2) is 40.9 Å². The third kappa shape index (κ3) is 3.94. The van der Waals surface area contributed by atoms with Crippen LogP contribution >= 0.6 is 11.3 Å². The van der Waals surface area contributed by atoms with E-state index in [9.17, 15) is 19.5 Å². The van der Waals surface area contributed by atoms with Crippen molar-refractivity contribution in [1.82, 2.24) is 10.2 Å². The van der Waals surface area contributed by atoms with E-state index in [0.717, 1.165) is 5.56 Å². The summed E-state index contributed by atoms with van der Waals surface area (Å²) in [6, 6.07) is 10.6. The second-order valence-corrected chi connectivity index (χ2v) is 7.44. The number of rotatable bonds is 5. The molecule has 1 saturated heterocycles. The largest absolute Gasteiger partial charge is 0.481 e. The molecule has 2 aromatic rings. The van der Waals surface area contributed by atoms with Gasteiger partial charge in [-0.3, -0.25) is 14.4 Å². The lowest BCUT2D eigenvalue weighted by molar-refractivity contribution is -0.142. The van der Waals surface area contributed by atoms with Crippen molar-refractivity contribution in [3.8, 4) is 0 Å². The quantitative estimate of drug-likeness (QED) is 0.844. The molecule has 136 valence electrons. The molecule has 0 aliphatic carbocycles. The van der Waals surface area contributed by atoms with Gasteiger partial charge in [0, 0.05) is 25.2 Å². The summed E-state index contributed by atoms with van der Waals surface area (Å²) in [4.78, 5) is 37.9. The predicted octanol–water partition coefficient (Wildman–Crippen LogP) is 2.47. The fraction of sp³-hybridized carbons (Fsp3) is 0.316. The second kappa shape index (κ2) is 7.70. The number of nitrogens with zero attached hydrogens (tertiary/aromatic N) is 1. The maximum absolute atomic E-state index is 12.6. The lowest BCUT2D eigenvalue weighted by atomic mass is 9.99. The average molecular weight is 372 g/mol. The number of amides is 2. The monoisotopic (exact) mass is 372 g/mol. The van der Waals surface area contributed by atoms with Gasteiger partial charge in [-0.1, -0.05) is 25.1 Å². The molecule has 1 aromatic heterocycles. The van der Waals surface area contributed by atoms with Crippen molar-refractivity contribution < 1.29 is 19.5 Å². The summed E-state index contributed by atoms with van der Waals surface area (Å²) in [6.45, 7) is 2.93. The third-order valence-corrected chi connectivity index (χ3v) is 5.48. The highest BCUT2D eigenvalue weighted by molar-refractivity contribution is 7.12. The van der Waals surface area contributed by atoms with Gasteiger partial charge in [0.1, 0.15) is 0 Å². The zero-order valence-electron chi connectivity index (χ0n) is 14.3. The maximum atomic E-state index is 12.6. The van der Waals surface area contributed by atoms with Crippen LogP contribution in [0.25, 0.3) is 0 Å². The number of aliphatic carboxylic acids is 1. The van der Waals surface area contributed by atoms with Gasteiger partial charge in [-0.2, -0.15) is 0 Å².